The maximum atomic E-state index is 13.8. The zero-order chi connectivity index (χ0) is 19.3. The highest BCUT2D eigenvalue weighted by molar-refractivity contribution is 6.35. The van der Waals surface area contributed by atoms with Crippen molar-refractivity contribution in [1.82, 2.24) is 4.57 Å². The number of rotatable bonds is 2. The van der Waals surface area contributed by atoms with Crippen LogP contribution in [0.1, 0.15) is 17.3 Å². The Morgan fingerprint density at radius 3 is 2.85 bits per heavy atom. The molecular formula is C19H13ClF2N2O3. The summed E-state index contributed by atoms with van der Waals surface area (Å²) >= 11 is 6.20. The average Bonchev–Trinajstić information content (AvgIpc) is 2.62. The summed E-state index contributed by atoms with van der Waals surface area (Å²) in [6.45, 7) is 2.25. The van der Waals surface area contributed by atoms with Crippen molar-refractivity contribution in [1.29, 1.82) is 0 Å². The number of carbonyl (C=O) groups excluding carboxylic acids is 1. The first-order chi connectivity index (χ1) is 12.8. The lowest BCUT2D eigenvalue weighted by atomic mass is 10.1. The maximum Gasteiger partial charge on any atom is 0.261 e. The molecule has 1 amide bonds. The lowest BCUT2D eigenvalue weighted by Gasteiger charge is -2.26. The summed E-state index contributed by atoms with van der Waals surface area (Å²) in [5.74, 6) is -1.88. The molecule has 1 N–H and O–H groups in total. The summed E-state index contributed by atoms with van der Waals surface area (Å²) in [7, 11) is 0. The molecule has 3 aromatic rings. The number of pyridine rings is 1. The molecule has 1 aliphatic heterocycles. The molecule has 2 aromatic carbocycles. The highest BCUT2D eigenvalue weighted by Crippen LogP contribution is 2.33. The van der Waals surface area contributed by atoms with Gasteiger partial charge in [0, 0.05) is 12.3 Å². The van der Waals surface area contributed by atoms with Gasteiger partial charge < -0.3 is 14.6 Å². The molecule has 0 radical (unpaired) electrons. The molecule has 1 atom stereocenters. The first-order valence-corrected chi connectivity index (χ1v) is 8.51. The summed E-state index contributed by atoms with van der Waals surface area (Å²) < 4.78 is 34.6. The number of halogens is 3. The molecule has 1 aliphatic rings. The summed E-state index contributed by atoms with van der Waals surface area (Å²) in [6.07, 6.45) is 1.21. The van der Waals surface area contributed by atoms with E-state index in [0.29, 0.717) is 17.8 Å². The molecule has 0 bridgehead atoms. The molecular weight excluding hydrogens is 378 g/mol. The van der Waals surface area contributed by atoms with Crippen LogP contribution in [0.4, 0.5) is 14.5 Å². The van der Waals surface area contributed by atoms with E-state index in [1.807, 2.05) is 6.92 Å². The number of ether oxygens (including phenoxy) is 1. The summed E-state index contributed by atoms with van der Waals surface area (Å²) in [6, 6.07) is 5.86. The second kappa shape index (κ2) is 6.35. The predicted octanol–water partition coefficient (Wildman–Crippen LogP) is 3.97. The second-order valence-electron chi connectivity index (χ2n) is 6.30. The van der Waals surface area contributed by atoms with Crippen LogP contribution >= 0.6 is 11.6 Å². The van der Waals surface area contributed by atoms with Gasteiger partial charge >= 0.3 is 0 Å². The number of hydrogen-bond acceptors (Lipinski definition) is 3. The van der Waals surface area contributed by atoms with E-state index in [1.165, 1.54) is 12.3 Å². The van der Waals surface area contributed by atoms with Gasteiger partial charge in [0.25, 0.3) is 5.91 Å². The Bertz CT molecular complexity index is 1160. The Morgan fingerprint density at radius 2 is 2.07 bits per heavy atom. The van der Waals surface area contributed by atoms with Gasteiger partial charge in [-0.05, 0) is 31.2 Å². The van der Waals surface area contributed by atoms with Gasteiger partial charge in [-0.2, -0.15) is 0 Å². The minimum absolute atomic E-state index is 0.147. The van der Waals surface area contributed by atoms with Crippen LogP contribution < -0.4 is 15.5 Å². The van der Waals surface area contributed by atoms with Gasteiger partial charge in [0.15, 0.2) is 0 Å². The lowest BCUT2D eigenvalue weighted by molar-refractivity contribution is 0.102. The van der Waals surface area contributed by atoms with Crippen LogP contribution in [0.2, 0.25) is 5.02 Å². The van der Waals surface area contributed by atoms with Crippen molar-refractivity contribution >= 4 is 34.1 Å². The van der Waals surface area contributed by atoms with Gasteiger partial charge in [-0.15, -0.1) is 0 Å². The Morgan fingerprint density at radius 1 is 1.30 bits per heavy atom. The number of aromatic nitrogens is 1. The van der Waals surface area contributed by atoms with Gasteiger partial charge in [0.05, 0.1) is 28.2 Å². The number of nitrogens with zero attached hydrogens (tertiary/aromatic N) is 1. The largest absolute Gasteiger partial charge is 0.487 e. The van der Waals surface area contributed by atoms with Gasteiger partial charge in [-0.25, -0.2) is 8.78 Å². The molecule has 0 unspecified atom stereocenters. The minimum atomic E-state index is -0.851. The fourth-order valence-electron chi connectivity index (χ4n) is 3.18. The van der Waals surface area contributed by atoms with Gasteiger partial charge in [0.1, 0.15) is 29.1 Å². The van der Waals surface area contributed by atoms with E-state index >= 15 is 0 Å². The van der Waals surface area contributed by atoms with Crippen LogP contribution in [-0.4, -0.2) is 16.6 Å². The molecule has 27 heavy (non-hydrogen) atoms. The smallest absolute Gasteiger partial charge is 0.261 e. The standard InChI is InChI=1S/C19H13ClF2N2O3/c1-9-7-24-8-11(19(26)23-14-6-10(21)2-4-13(14)22)18(25)16-12(20)3-5-15(27-9)17(16)24/h2-6,8-9H,7H2,1H3,(H,23,26)/t9-/m1/s1. The molecule has 0 saturated heterocycles. The van der Waals surface area contributed by atoms with E-state index in [-0.39, 0.29) is 27.8 Å². The third kappa shape index (κ3) is 2.94. The zero-order valence-corrected chi connectivity index (χ0v) is 14.8. The van der Waals surface area contributed by atoms with Crippen LogP contribution in [0.15, 0.2) is 41.3 Å². The van der Waals surface area contributed by atoms with Gasteiger partial charge in [0.2, 0.25) is 5.43 Å². The average molecular weight is 391 g/mol. The quantitative estimate of drug-likeness (QED) is 0.720. The van der Waals surface area contributed by atoms with Crippen LogP contribution in [0.5, 0.6) is 5.75 Å². The molecule has 138 valence electrons. The molecule has 1 aromatic heterocycles. The summed E-state index contributed by atoms with van der Waals surface area (Å²) in [5, 5.41) is 2.57. The van der Waals surface area contributed by atoms with E-state index in [0.717, 1.165) is 18.2 Å². The number of amides is 1. The summed E-state index contributed by atoms with van der Waals surface area (Å²) in [5.41, 5.74) is -0.686. The van der Waals surface area contributed by atoms with Gasteiger partial charge in [-0.3, -0.25) is 9.59 Å². The van der Waals surface area contributed by atoms with Crippen molar-refractivity contribution < 1.29 is 18.3 Å². The molecule has 8 heteroatoms. The van der Waals surface area contributed by atoms with Crippen LogP contribution in [0.25, 0.3) is 10.9 Å². The van der Waals surface area contributed by atoms with Crippen molar-refractivity contribution in [3.8, 4) is 5.75 Å². The van der Waals surface area contributed by atoms with Crippen molar-refractivity contribution in [3.05, 3.63) is 69.0 Å². The third-order valence-electron chi connectivity index (χ3n) is 4.34. The molecule has 0 fully saturated rings. The number of benzene rings is 2. The second-order valence-corrected chi connectivity index (χ2v) is 6.71. The number of nitrogens with one attached hydrogen (secondary N) is 1. The normalized spacial score (nSPS) is 15.5. The van der Waals surface area contributed by atoms with E-state index < -0.39 is 23.0 Å². The van der Waals surface area contributed by atoms with E-state index in [2.05, 4.69) is 5.32 Å². The molecule has 0 saturated carbocycles. The Kier molecular flexibility index (Phi) is 4.11. The number of anilines is 1. The molecule has 0 spiro atoms. The van der Waals surface area contributed by atoms with Crippen LogP contribution in [0, 0.1) is 11.6 Å². The highest BCUT2D eigenvalue weighted by Gasteiger charge is 2.25. The predicted molar refractivity (Wildman–Crippen MR) is 97.6 cm³/mol. The Labute approximate surface area is 157 Å². The maximum absolute atomic E-state index is 13.8. The number of carbonyl (C=O) groups is 1. The first kappa shape index (κ1) is 17.5. The number of hydrogen-bond donors (Lipinski definition) is 1. The molecule has 5 nitrogen and oxygen atoms in total. The van der Waals surface area contributed by atoms with Crippen molar-refractivity contribution in [3.63, 3.8) is 0 Å². The fourth-order valence-corrected chi connectivity index (χ4v) is 3.42. The van der Waals surface area contributed by atoms with Crippen LogP contribution in [0.3, 0.4) is 0 Å². The molecule has 4 rings (SSSR count). The van der Waals surface area contributed by atoms with E-state index in [9.17, 15) is 18.4 Å². The third-order valence-corrected chi connectivity index (χ3v) is 4.65. The zero-order valence-electron chi connectivity index (χ0n) is 14.1. The van der Waals surface area contributed by atoms with Crippen molar-refractivity contribution in [2.45, 2.75) is 19.6 Å². The van der Waals surface area contributed by atoms with E-state index in [4.69, 9.17) is 16.3 Å². The minimum Gasteiger partial charge on any atom is -0.487 e. The highest BCUT2D eigenvalue weighted by atomic mass is 35.5. The molecule has 0 aliphatic carbocycles. The Hall–Kier alpha value is -2.93. The topological polar surface area (TPSA) is 60.3 Å². The monoisotopic (exact) mass is 390 g/mol. The lowest BCUT2D eigenvalue weighted by Crippen LogP contribution is -2.30. The fraction of sp³-hybridized carbons (Fsp3) is 0.158. The summed E-state index contributed by atoms with van der Waals surface area (Å²) in [4.78, 5) is 25.5. The van der Waals surface area contributed by atoms with Crippen molar-refractivity contribution in [2.24, 2.45) is 0 Å². The SMILES string of the molecule is C[C@@H]1Cn2cc(C(=O)Nc3cc(F)ccc3F)c(=O)c3c(Cl)ccc(c32)O1. The van der Waals surface area contributed by atoms with Gasteiger partial charge in [-0.1, -0.05) is 11.6 Å². The van der Waals surface area contributed by atoms with E-state index in [1.54, 1.807) is 10.6 Å². The first-order valence-electron chi connectivity index (χ1n) is 8.14. The van der Waals surface area contributed by atoms with Crippen LogP contribution in [-0.2, 0) is 6.54 Å². The molecule has 2 heterocycles. The van der Waals surface area contributed by atoms with Crippen molar-refractivity contribution in [2.75, 3.05) is 5.32 Å². The Balaban J connectivity index is 1.87.